The van der Waals surface area contributed by atoms with Crippen LogP contribution in [0.1, 0.15) is 6.92 Å². The van der Waals surface area contributed by atoms with E-state index in [1.807, 2.05) is 0 Å². The lowest BCUT2D eigenvalue weighted by atomic mass is 10.1. The minimum Gasteiger partial charge on any atom is -0.396 e. The summed E-state index contributed by atoms with van der Waals surface area (Å²) in [6.07, 6.45) is 1.06. The van der Waals surface area contributed by atoms with Crippen molar-refractivity contribution in [1.82, 2.24) is 5.32 Å². The maximum Gasteiger partial charge on any atom is 0.249 e. The minimum absolute atomic E-state index is 0.0133. The van der Waals surface area contributed by atoms with E-state index in [1.165, 1.54) is 17.0 Å². The molecule has 7 nitrogen and oxygen atoms in total. The quantitative estimate of drug-likeness (QED) is 0.564. The molecule has 0 bridgehead atoms. The van der Waals surface area contributed by atoms with E-state index in [4.69, 9.17) is 5.73 Å². The topological polar surface area (TPSA) is 110 Å². The number of nitrogens with two attached hydrogens (primary N) is 1. The number of hydrogen-bond donors (Lipinski definition) is 2. The van der Waals surface area contributed by atoms with E-state index in [1.54, 1.807) is 13.0 Å². The number of sulfone groups is 1. The van der Waals surface area contributed by atoms with Gasteiger partial charge >= 0.3 is 0 Å². The summed E-state index contributed by atoms with van der Waals surface area (Å²) in [5.41, 5.74) is 6.30. The molecule has 1 unspecified atom stereocenters. The van der Waals surface area contributed by atoms with Crippen molar-refractivity contribution in [2.24, 2.45) is 0 Å². The highest BCUT2D eigenvalue weighted by Crippen LogP contribution is 2.31. The Hall–Kier alpha value is -2.09. The lowest BCUT2D eigenvalue weighted by Crippen LogP contribution is -2.57. The Morgan fingerprint density at radius 1 is 1.35 bits per heavy atom. The molecule has 1 aromatic rings. The van der Waals surface area contributed by atoms with Crippen molar-refractivity contribution in [1.29, 1.82) is 0 Å². The fourth-order valence-corrected chi connectivity index (χ4v) is 2.94. The second kappa shape index (κ2) is 4.78. The Morgan fingerprint density at radius 3 is 2.60 bits per heavy atom. The van der Waals surface area contributed by atoms with Crippen LogP contribution in [0.4, 0.5) is 11.4 Å². The van der Waals surface area contributed by atoms with Gasteiger partial charge in [0, 0.05) is 6.26 Å². The number of anilines is 2. The van der Waals surface area contributed by atoms with E-state index < -0.39 is 27.7 Å². The maximum atomic E-state index is 11.7. The number of benzene rings is 1. The van der Waals surface area contributed by atoms with Crippen molar-refractivity contribution in [2.75, 3.05) is 23.4 Å². The van der Waals surface area contributed by atoms with Crippen LogP contribution in [0, 0.1) is 0 Å². The molecule has 1 saturated heterocycles. The highest BCUT2D eigenvalue weighted by atomic mass is 32.2. The van der Waals surface area contributed by atoms with Gasteiger partial charge in [-0.25, -0.2) is 8.42 Å². The summed E-state index contributed by atoms with van der Waals surface area (Å²) in [6, 6.07) is 3.91. The van der Waals surface area contributed by atoms with Crippen molar-refractivity contribution in [3.05, 3.63) is 18.2 Å². The average Bonchev–Trinajstić information content (AvgIpc) is 2.33. The first-order valence-electron chi connectivity index (χ1n) is 5.90. The molecule has 2 amide bonds. The van der Waals surface area contributed by atoms with Gasteiger partial charge in [0.25, 0.3) is 0 Å². The van der Waals surface area contributed by atoms with Crippen LogP contribution in [0.25, 0.3) is 0 Å². The Balaban J connectivity index is 2.53. The molecule has 0 aliphatic carbocycles. The van der Waals surface area contributed by atoms with E-state index in [2.05, 4.69) is 5.32 Å². The van der Waals surface area contributed by atoms with E-state index >= 15 is 0 Å². The number of carbonyl (C=O) groups is 2. The number of amides is 2. The Kier molecular flexibility index (Phi) is 3.43. The number of nitrogens with zero attached hydrogens (tertiary/aromatic N) is 1. The zero-order valence-electron chi connectivity index (χ0n) is 11.1. The number of hydrogen-bond acceptors (Lipinski definition) is 6. The number of piperazine rings is 1. The summed E-state index contributed by atoms with van der Waals surface area (Å²) in [7, 11) is -3.48. The molecule has 3 N–H and O–H groups in total. The largest absolute Gasteiger partial charge is 0.396 e. The highest BCUT2D eigenvalue weighted by molar-refractivity contribution is 7.90. The zero-order valence-corrected chi connectivity index (χ0v) is 11.9. The Bertz CT molecular complexity index is 684. The first kappa shape index (κ1) is 14.3. The third-order valence-electron chi connectivity index (χ3n) is 3.18. The molecule has 0 saturated carbocycles. The summed E-state index contributed by atoms with van der Waals surface area (Å²) in [6.45, 7) is 1.57. The van der Waals surface area contributed by atoms with Crippen LogP contribution in [0.3, 0.4) is 0 Å². The van der Waals surface area contributed by atoms with Crippen molar-refractivity contribution < 1.29 is 18.0 Å². The van der Waals surface area contributed by atoms with Crippen LogP contribution in [0.5, 0.6) is 0 Å². The third kappa shape index (κ3) is 2.46. The number of rotatable bonds is 2. The normalized spacial score (nSPS) is 19.9. The molecule has 1 aliphatic heterocycles. The number of imide groups is 1. The summed E-state index contributed by atoms with van der Waals surface area (Å²) in [5.74, 6) is -0.886. The Morgan fingerprint density at radius 2 is 2.00 bits per heavy atom. The lowest BCUT2D eigenvalue weighted by molar-refractivity contribution is -0.132. The molecule has 1 atom stereocenters. The molecular formula is C12H15N3O4S. The third-order valence-corrected chi connectivity index (χ3v) is 4.33. The number of carbonyl (C=O) groups excluding carboxylic acids is 2. The predicted octanol–water partition coefficient (Wildman–Crippen LogP) is -0.476. The van der Waals surface area contributed by atoms with Crippen LogP contribution in [0.2, 0.25) is 0 Å². The first-order valence-corrected chi connectivity index (χ1v) is 7.80. The standard InChI is InChI=1S/C12H15N3O4S/c1-7-12(17)14-10(16)6-15(7)8-4-3-5-9(11(8)13)20(2,18)19/h3-5,7H,6,13H2,1-2H3,(H,14,16,17). The number of para-hydroxylation sites is 1. The molecule has 2 rings (SSSR count). The monoisotopic (exact) mass is 297 g/mol. The molecule has 1 heterocycles. The minimum atomic E-state index is -3.48. The molecule has 20 heavy (non-hydrogen) atoms. The lowest BCUT2D eigenvalue weighted by Gasteiger charge is -2.34. The predicted molar refractivity (Wildman–Crippen MR) is 73.9 cm³/mol. The molecule has 1 aliphatic rings. The zero-order chi connectivity index (χ0) is 15.1. The van der Waals surface area contributed by atoms with Crippen molar-refractivity contribution >= 4 is 33.0 Å². The fraction of sp³-hybridized carbons (Fsp3) is 0.333. The van der Waals surface area contributed by atoms with Gasteiger partial charge in [0.05, 0.1) is 22.8 Å². The smallest absolute Gasteiger partial charge is 0.249 e. The first-order chi connectivity index (χ1) is 9.21. The van der Waals surface area contributed by atoms with Crippen LogP contribution < -0.4 is 16.0 Å². The van der Waals surface area contributed by atoms with Crippen LogP contribution >= 0.6 is 0 Å². The van der Waals surface area contributed by atoms with Gasteiger partial charge in [-0.05, 0) is 19.1 Å². The van der Waals surface area contributed by atoms with Gasteiger partial charge in [-0.3, -0.25) is 14.9 Å². The molecular weight excluding hydrogens is 282 g/mol. The SMILES string of the molecule is CC1C(=O)NC(=O)CN1c1cccc(S(C)(=O)=O)c1N. The fourth-order valence-electron chi connectivity index (χ4n) is 2.11. The van der Waals surface area contributed by atoms with Crippen LogP contribution in [0.15, 0.2) is 23.1 Å². The van der Waals surface area contributed by atoms with Gasteiger partial charge in [-0.15, -0.1) is 0 Å². The summed E-state index contributed by atoms with van der Waals surface area (Å²) in [4.78, 5) is 24.6. The summed E-state index contributed by atoms with van der Waals surface area (Å²) < 4.78 is 23.3. The van der Waals surface area contributed by atoms with Crippen molar-refractivity contribution in [3.8, 4) is 0 Å². The average molecular weight is 297 g/mol. The second-order valence-electron chi connectivity index (χ2n) is 4.68. The van der Waals surface area contributed by atoms with E-state index in [0.29, 0.717) is 5.69 Å². The highest BCUT2D eigenvalue weighted by Gasteiger charge is 2.32. The van der Waals surface area contributed by atoms with Gasteiger partial charge in [0.2, 0.25) is 11.8 Å². The molecule has 8 heteroatoms. The van der Waals surface area contributed by atoms with Gasteiger partial charge < -0.3 is 10.6 Å². The van der Waals surface area contributed by atoms with Gasteiger partial charge in [-0.1, -0.05) is 6.07 Å². The van der Waals surface area contributed by atoms with E-state index in [0.717, 1.165) is 6.26 Å². The van der Waals surface area contributed by atoms with Gasteiger partial charge in [-0.2, -0.15) is 0 Å². The maximum absolute atomic E-state index is 11.7. The van der Waals surface area contributed by atoms with E-state index in [-0.39, 0.29) is 17.1 Å². The van der Waals surface area contributed by atoms with Crippen molar-refractivity contribution in [3.63, 3.8) is 0 Å². The molecule has 1 fully saturated rings. The van der Waals surface area contributed by atoms with Crippen LogP contribution in [-0.2, 0) is 19.4 Å². The van der Waals surface area contributed by atoms with Gasteiger partial charge in [0.1, 0.15) is 6.04 Å². The van der Waals surface area contributed by atoms with Gasteiger partial charge in [0.15, 0.2) is 9.84 Å². The van der Waals surface area contributed by atoms with Crippen molar-refractivity contribution in [2.45, 2.75) is 17.9 Å². The molecule has 1 aromatic carbocycles. The Labute approximate surface area is 116 Å². The summed E-state index contributed by atoms with van der Waals surface area (Å²) in [5, 5.41) is 2.21. The molecule has 0 aromatic heterocycles. The second-order valence-corrected chi connectivity index (χ2v) is 6.66. The molecule has 0 spiro atoms. The molecule has 0 radical (unpaired) electrons. The van der Waals surface area contributed by atoms with E-state index in [9.17, 15) is 18.0 Å². The summed E-state index contributed by atoms with van der Waals surface area (Å²) >= 11 is 0. The molecule has 108 valence electrons. The van der Waals surface area contributed by atoms with Crippen LogP contribution in [-0.4, -0.2) is 39.1 Å². The number of nitrogen functional groups attached to an aromatic ring is 1. The number of nitrogens with one attached hydrogen (secondary N) is 1.